The number of aromatic nitrogens is 12. The van der Waals surface area contributed by atoms with Crippen LogP contribution in [0.25, 0.3) is 99.3 Å². The maximum atomic E-state index is 6.50. The van der Waals surface area contributed by atoms with Gasteiger partial charge in [0, 0.05) is 106 Å². The fraction of sp³-hybridized carbons (Fsp3) is 0.288. The number of nitrogens with zero attached hydrogens (tertiary/aromatic N) is 20. The van der Waals surface area contributed by atoms with Crippen LogP contribution in [0.2, 0.25) is 0 Å². The van der Waals surface area contributed by atoms with E-state index in [1.807, 2.05) is 82.3 Å². The van der Waals surface area contributed by atoms with E-state index in [9.17, 15) is 0 Å². The predicted octanol–water partition coefficient (Wildman–Crippen LogP) is 28.1. The Morgan fingerprint density at radius 3 is 0.894 bits per heavy atom. The molecule has 0 N–H and O–H groups in total. The molecule has 24 heteroatoms. The van der Waals surface area contributed by atoms with E-state index in [4.69, 9.17) is 32.6 Å². The molecular formula is C118H122N20O4. The van der Waals surface area contributed by atoms with Gasteiger partial charge in [-0.05, 0) is 290 Å². The Hall–Kier alpha value is -15.7. The van der Waals surface area contributed by atoms with E-state index in [0.717, 1.165) is 162 Å². The molecule has 718 valence electrons. The van der Waals surface area contributed by atoms with E-state index >= 15 is 0 Å². The molecule has 9 aromatic carbocycles. The van der Waals surface area contributed by atoms with Gasteiger partial charge in [-0.3, -0.25) is 4.68 Å². The molecule has 4 atom stereocenters. The smallest absolute Gasteiger partial charge is 0.227 e. The van der Waals surface area contributed by atoms with E-state index in [1.165, 1.54) is 62.2 Å². The summed E-state index contributed by atoms with van der Waals surface area (Å²) in [5, 5.41) is 13.2. The Bertz CT molecular complexity index is 8440. The van der Waals surface area contributed by atoms with Gasteiger partial charge < -0.3 is 70.6 Å². The van der Waals surface area contributed by atoms with Gasteiger partial charge >= 0.3 is 0 Å². The summed E-state index contributed by atoms with van der Waals surface area (Å²) in [6.07, 6.45) is 6.03. The summed E-state index contributed by atoms with van der Waals surface area (Å²) in [6.45, 7) is 47.9. The second kappa shape index (κ2) is 33.5. The lowest BCUT2D eigenvalue weighted by Gasteiger charge is -2.42. The van der Waals surface area contributed by atoms with Crippen LogP contribution in [0, 0.1) is 69.2 Å². The molecule has 0 spiro atoms. The zero-order valence-electron chi connectivity index (χ0n) is 86.0. The average molecular weight is 1880 g/mol. The lowest BCUT2D eigenvalue weighted by Crippen LogP contribution is -2.50. The van der Waals surface area contributed by atoms with Gasteiger partial charge in [-0.1, -0.05) is 109 Å². The van der Waals surface area contributed by atoms with Gasteiger partial charge in [0.05, 0.1) is 125 Å². The highest BCUT2D eigenvalue weighted by Gasteiger charge is 2.51. The lowest BCUT2D eigenvalue weighted by atomic mass is 9.96. The Balaban J connectivity index is 0.000000109. The third-order valence-electron chi connectivity index (χ3n) is 30.4. The molecule has 4 aliphatic rings. The number of para-hydroxylation sites is 10. The Morgan fingerprint density at radius 1 is 0.289 bits per heavy atom. The van der Waals surface area contributed by atoms with Crippen molar-refractivity contribution in [2.24, 2.45) is 28.2 Å². The van der Waals surface area contributed by atoms with Crippen LogP contribution in [-0.2, 0) is 50.3 Å². The molecule has 0 aliphatic carbocycles. The maximum absolute atomic E-state index is 6.50. The third-order valence-corrected chi connectivity index (χ3v) is 30.4. The number of imidazole rings is 3. The Labute approximate surface area is 827 Å². The molecule has 0 saturated carbocycles. The van der Waals surface area contributed by atoms with Gasteiger partial charge in [0.1, 0.15) is 42.1 Å². The summed E-state index contributed by atoms with van der Waals surface area (Å²) in [4.78, 5) is 52.8. The normalized spacial score (nSPS) is 16.0. The van der Waals surface area contributed by atoms with E-state index < -0.39 is 5.54 Å². The molecule has 142 heavy (non-hydrogen) atoms. The van der Waals surface area contributed by atoms with E-state index in [2.05, 4.69) is 424 Å². The highest BCUT2D eigenvalue weighted by atomic mass is 16.4. The fourth-order valence-electron chi connectivity index (χ4n) is 24.0. The van der Waals surface area contributed by atoms with Crippen LogP contribution in [0.5, 0.6) is 0 Å². The summed E-state index contributed by atoms with van der Waals surface area (Å²) < 4.78 is 34.4. The number of pyridine rings is 4. The fourth-order valence-corrected chi connectivity index (χ4v) is 24.0. The standard InChI is InChI=1S/C32H31N5O.2C29H31N5O.C28H29N5O/c1-19-15-17-22-23-18-16-20(2)33-30(23)38-29(22)28(19)36-21(3)37(27-14-10-9-13-26(27)36)32(4,5)31-34-24-11-7-8-12-25(24)35(31)6;1-17-12-14-21-22-15-13-18(2)31-28(22)35-27(21)26(17)33-20(4)34(24-11-9-8-10-23(24)33)29(5,6)25-16-30-19(3)32(25)7;1-17-12-14-21-22-15-13-18(2)30-28(22)35-27(21)26(17)33-20(4)34(24-11-9-8-10-23(24)33)29(5,6)25-16-19(3)31-32(25)7;1-17-11-13-20-21-14-12-18(2)30-26(21)34-25(20)24(17)32-19(3)33(23-10-8-7-9-22(23)32)28(4,5)27-29-15-16-31(27)6/h7-18,21H,1-6H3;2*8-16,20H,1-7H3;7-16,19H,1-6H3/t21-;2*20-;19-/m1111/s1. The van der Waals surface area contributed by atoms with Crippen molar-refractivity contribution in [1.29, 1.82) is 0 Å². The van der Waals surface area contributed by atoms with Gasteiger partial charge in [-0.15, -0.1) is 0 Å². The third kappa shape index (κ3) is 14.1. The molecule has 0 bridgehead atoms. The quantitative estimate of drug-likeness (QED) is 0.112. The minimum absolute atomic E-state index is 0.00872. The van der Waals surface area contributed by atoms with Crippen LogP contribution in [0.15, 0.2) is 261 Å². The maximum Gasteiger partial charge on any atom is 0.227 e. The number of hydrogen-bond acceptors (Lipinski definition) is 20. The lowest BCUT2D eigenvalue weighted by molar-refractivity contribution is 0.413. The van der Waals surface area contributed by atoms with E-state index in [-0.39, 0.29) is 41.3 Å². The van der Waals surface area contributed by atoms with Crippen molar-refractivity contribution in [3.05, 3.63) is 323 Å². The van der Waals surface area contributed by atoms with Crippen molar-refractivity contribution < 1.29 is 17.7 Å². The van der Waals surface area contributed by atoms with Gasteiger partial charge in [0.25, 0.3) is 0 Å². The summed E-state index contributed by atoms with van der Waals surface area (Å²) in [5.41, 5.74) is 32.8. The minimum Gasteiger partial charge on any atom is -0.435 e. The second-order valence-corrected chi connectivity index (χ2v) is 41.1. The van der Waals surface area contributed by atoms with Crippen molar-refractivity contribution in [3.8, 4) is 0 Å². The van der Waals surface area contributed by atoms with Crippen molar-refractivity contribution in [1.82, 2.24) is 58.4 Å². The van der Waals surface area contributed by atoms with Crippen molar-refractivity contribution in [2.75, 3.05) is 39.2 Å². The highest BCUT2D eigenvalue weighted by Crippen LogP contribution is 2.59. The first kappa shape index (κ1) is 91.4. The summed E-state index contributed by atoms with van der Waals surface area (Å²) in [6, 6.07) is 79.2. The molecule has 0 radical (unpaired) electrons. The molecule has 0 amide bonds. The topological polar surface area (TPSA) is 201 Å². The van der Waals surface area contributed by atoms with E-state index in [1.54, 1.807) is 0 Å². The van der Waals surface area contributed by atoms with E-state index in [0.29, 0.717) is 22.9 Å². The zero-order chi connectivity index (χ0) is 99.4. The van der Waals surface area contributed by atoms with Crippen LogP contribution in [-0.4, -0.2) is 83.0 Å². The van der Waals surface area contributed by atoms with Crippen molar-refractivity contribution in [3.63, 3.8) is 0 Å². The van der Waals surface area contributed by atoms with Gasteiger partial charge in [0.15, 0.2) is 22.3 Å². The molecule has 21 aromatic rings. The Morgan fingerprint density at radius 2 is 0.592 bits per heavy atom. The van der Waals surface area contributed by atoms with Gasteiger partial charge in [-0.2, -0.15) is 5.10 Å². The average Bonchev–Trinajstić information content (AvgIpc) is 1.56. The number of rotatable bonds is 12. The summed E-state index contributed by atoms with van der Waals surface area (Å²) in [5.74, 6) is 3.06. The zero-order valence-corrected chi connectivity index (χ0v) is 86.0. The van der Waals surface area contributed by atoms with Crippen LogP contribution in [0.3, 0.4) is 0 Å². The van der Waals surface area contributed by atoms with Crippen LogP contribution in [0.1, 0.15) is 163 Å². The Kier molecular flexibility index (Phi) is 21.6. The number of aryl methyl sites for hydroxylation is 13. The van der Waals surface area contributed by atoms with Gasteiger partial charge in [-0.25, -0.2) is 34.9 Å². The number of benzene rings is 9. The summed E-state index contributed by atoms with van der Waals surface area (Å²) >= 11 is 0. The number of anilines is 12. The molecule has 0 fully saturated rings. The van der Waals surface area contributed by atoms with Crippen LogP contribution in [0.4, 0.5) is 68.2 Å². The number of hydrogen-bond donors (Lipinski definition) is 0. The number of fused-ring (bicyclic) bond motifs is 17. The molecule has 4 aliphatic heterocycles. The molecule has 0 unspecified atom stereocenters. The second-order valence-electron chi connectivity index (χ2n) is 41.1. The molecule has 0 saturated heterocycles. The number of furan rings is 4. The molecule has 24 nitrogen and oxygen atoms in total. The highest BCUT2D eigenvalue weighted by molar-refractivity contribution is 6.14. The first-order chi connectivity index (χ1) is 67.9. The van der Waals surface area contributed by atoms with Crippen molar-refractivity contribution >= 4 is 168 Å². The first-order valence-corrected chi connectivity index (χ1v) is 49.2. The van der Waals surface area contributed by atoms with Crippen molar-refractivity contribution in [2.45, 2.75) is 199 Å². The van der Waals surface area contributed by atoms with Crippen LogP contribution < -0.4 is 39.2 Å². The minimum atomic E-state index is -0.396. The molecule has 16 heterocycles. The monoisotopic (exact) mass is 1880 g/mol. The van der Waals surface area contributed by atoms with Crippen LogP contribution >= 0.6 is 0 Å². The molecule has 25 rings (SSSR count). The SMILES string of the molecule is Cc1ccc2c(n1)oc1c(N3c4ccccc4N(C(C)(C)c4cc(C)nn4C)[C@@H]3C)c(C)ccc12.Cc1ccc2c(n1)oc1c(N3c4ccccc4N(C(C)(C)c4cnc(C)n4C)[C@@H]3C)c(C)ccc12.Cc1ccc2c(n1)oc1c(N3c4ccccc4N(C(C)(C)c4nc5ccccc5n4C)[C@@H]3C)c(C)ccc12.Cc1ccc2c(n1)oc1c(N3c4ccccc4N(C(C)(C)c4nccn4C)[C@@H]3C)c(C)ccc12. The predicted molar refractivity (Wildman–Crippen MR) is 578 cm³/mol. The largest absolute Gasteiger partial charge is 0.435 e. The summed E-state index contributed by atoms with van der Waals surface area (Å²) in [7, 11) is 8.30. The first-order valence-electron chi connectivity index (χ1n) is 49.2. The molecular weight excluding hydrogens is 1760 g/mol. The molecule has 12 aromatic heterocycles. The van der Waals surface area contributed by atoms with Gasteiger partial charge in [0.2, 0.25) is 22.9 Å².